The number of hydrogen-bond donors (Lipinski definition) is 2. The van der Waals surface area contributed by atoms with Crippen molar-refractivity contribution in [2.45, 2.75) is 19.4 Å². The van der Waals surface area contributed by atoms with Gasteiger partial charge in [0.1, 0.15) is 18.0 Å². The lowest BCUT2D eigenvalue weighted by molar-refractivity contribution is -0.121. The van der Waals surface area contributed by atoms with Gasteiger partial charge in [-0.3, -0.25) is 4.79 Å². The van der Waals surface area contributed by atoms with Crippen LogP contribution < -0.4 is 5.32 Å². The summed E-state index contributed by atoms with van der Waals surface area (Å²) in [4.78, 5) is 15.5. The van der Waals surface area contributed by atoms with E-state index in [2.05, 4.69) is 25.8 Å². The van der Waals surface area contributed by atoms with Crippen LogP contribution in [0.3, 0.4) is 0 Å². The molecule has 0 radical (unpaired) electrons. The summed E-state index contributed by atoms with van der Waals surface area (Å²) in [7, 11) is 0. The molecule has 0 unspecified atom stereocenters. The zero-order valence-electron chi connectivity index (χ0n) is 15.4. The number of carbonyl (C=O) groups is 1. The fourth-order valence-electron chi connectivity index (χ4n) is 3.26. The third kappa shape index (κ3) is 4.29. The van der Waals surface area contributed by atoms with Gasteiger partial charge in [-0.1, -0.05) is 0 Å². The fourth-order valence-corrected chi connectivity index (χ4v) is 3.26. The van der Waals surface area contributed by atoms with Crippen molar-refractivity contribution in [1.82, 2.24) is 30.5 Å². The van der Waals surface area contributed by atoms with Crippen molar-refractivity contribution in [2.24, 2.45) is 0 Å². The number of tetrazole rings is 1. The molecule has 0 spiro atoms. The van der Waals surface area contributed by atoms with Crippen LogP contribution in [-0.4, -0.2) is 37.6 Å². The Morgan fingerprint density at radius 3 is 2.66 bits per heavy atom. The molecule has 0 bridgehead atoms. The van der Waals surface area contributed by atoms with E-state index >= 15 is 0 Å². The SMILES string of the molecule is O=C(CCc1c(-c2ccc(F)cc2)[nH]c2ccc(F)cc12)NCCn1cnnn1. The summed E-state index contributed by atoms with van der Waals surface area (Å²) in [6.45, 7) is 0.870. The Labute approximate surface area is 164 Å². The molecule has 2 aromatic heterocycles. The van der Waals surface area contributed by atoms with Crippen molar-refractivity contribution in [3.63, 3.8) is 0 Å². The maximum absolute atomic E-state index is 13.8. The van der Waals surface area contributed by atoms with Gasteiger partial charge in [0, 0.05) is 29.6 Å². The number of aryl methyl sites for hydroxylation is 1. The number of aromatic amines is 1. The third-order valence-electron chi connectivity index (χ3n) is 4.66. The number of hydrogen-bond acceptors (Lipinski definition) is 4. The summed E-state index contributed by atoms with van der Waals surface area (Å²) >= 11 is 0. The molecular formula is C20H18F2N6O. The van der Waals surface area contributed by atoms with E-state index in [9.17, 15) is 13.6 Å². The Morgan fingerprint density at radius 2 is 1.90 bits per heavy atom. The lowest BCUT2D eigenvalue weighted by Gasteiger charge is -2.07. The van der Waals surface area contributed by atoms with Crippen LogP contribution in [0.1, 0.15) is 12.0 Å². The Morgan fingerprint density at radius 1 is 1.10 bits per heavy atom. The van der Waals surface area contributed by atoms with E-state index in [4.69, 9.17) is 0 Å². The molecule has 148 valence electrons. The highest BCUT2D eigenvalue weighted by Crippen LogP contribution is 2.32. The van der Waals surface area contributed by atoms with Gasteiger partial charge < -0.3 is 10.3 Å². The predicted molar refractivity (Wildman–Crippen MR) is 103 cm³/mol. The number of fused-ring (bicyclic) bond motifs is 1. The largest absolute Gasteiger partial charge is 0.354 e. The maximum atomic E-state index is 13.8. The normalized spacial score (nSPS) is 11.1. The van der Waals surface area contributed by atoms with Crippen molar-refractivity contribution in [3.8, 4) is 11.3 Å². The molecule has 0 fully saturated rings. The number of aromatic nitrogens is 5. The molecule has 9 heteroatoms. The van der Waals surface area contributed by atoms with Crippen LogP contribution in [0.5, 0.6) is 0 Å². The van der Waals surface area contributed by atoms with E-state index in [1.807, 2.05) is 0 Å². The zero-order chi connectivity index (χ0) is 20.2. The molecule has 0 aliphatic rings. The van der Waals surface area contributed by atoms with E-state index in [1.165, 1.54) is 35.3 Å². The number of nitrogens with one attached hydrogen (secondary N) is 2. The highest BCUT2D eigenvalue weighted by atomic mass is 19.1. The van der Waals surface area contributed by atoms with E-state index in [-0.39, 0.29) is 24.0 Å². The van der Waals surface area contributed by atoms with E-state index in [0.29, 0.717) is 24.9 Å². The number of H-pyrrole nitrogens is 1. The molecule has 0 saturated heterocycles. The molecule has 2 heterocycles. The fraction of sp³-hybridized carbons (Fsp3) is 0.200. The first-order chi connectivity index (χ1) is 14.1. The monoisotopic (exact) mass is 396 g/mol. The molecule has 29 heavy (non-hydrogen) atoms. The Kier molecular flexibility index (Phi) is 5.28. The van der Waals surface area contributed by atoms with Crippen LogP contribution in [0.15, 0.2) is 48.8 Å². The molecule has 0 aliphatic heterocycles. The lowest BCUT2D eigenvalue weighted by Crippen LogP contribution is -2.27. The van der Waals surface area contributed by atoms with Gasteiger partial charge in [0.25, 0.3) is 0 Å². The van der Waals surface area contributed by atoms with Gasteiger partial charge in [-0.2, -0.15) is 0 Å². The first kappa shape index (κ1) is 18.7. The van der Waals surface area contributed by atoms with Gasteiger partial charge in [-0.05, 0) is 70.4 Å². The lowest BCUT2D eigenvalue weighted by atomic mass is 10.0. The van der Waals surface area contributed by atoms with E-state index in [0.717, 1.165) is 22.3 Å². The second kappa shape index (κ2) is 8.17. The molecule has 0 atom stereocenters. The maximum Gasteiger partial charge on any atom is 0.220 e. The van der Waals surface area contributed by atoms with Crippen LogP contribution in [0, 0.1) is 11.6 Å². The summed E-state index contributed by atoms with van der Waals surface area (Å²) in [6.07, 6.45) is 2.11. The Hall–Kier alpha value is -3.62. The smallest absolute Gasteiger partial charge is 0.220 e. The molecule has 4 aromatic rings. The van der Waals surface area contributed by atoms with Crippen molar-refractivity contribution < 1.29 is 13.6 Å². The van der Waals surface area contributed by atoms with Gasteiger partial charge in [-0.25, -0.2) is 13.5 Å². The van der Waals surface area contributed by atoms with E-state index < -0.39 is 0 Å². The highest BCUT2D eigenvalue weighted by Gasteiger charge is 2.15. The number of nitrogens with zero attached hydrogens (tertiary/aromatic N) is 4. The summed E-state index contributed by atoms with van der Waals surface area (Å²) in [6, 6.07) is 10.5. The van der Waals surface area contributed by atoms with Gasteiger partial charge >= 0.3 is 0 Å². The average Bonchev–Trinajstić information content (AvgIpc) is 3.35. The number of carbonyl (C=O) groups excluding carboxylic acids is 1. The molecule has 2 aromatic carbocycles. The summed E-state index contributed by atoms with van der Waals surface area (Å²) in [5.41, 5.74) is 3.12. The highest BCUT2D eigenvalue weighted by molar-refractivity contribution is 5.91. The molecule has 7 nitrogen and oxygen atoms in total. The number of rotatable bonds is 7. The van der Waals surface area contributed by atoms with Crippen molar-refractivity contribution >= 4 is 16.8 Å². The zero-order valence-corrected chi connectivity index (χ0v) is 15.4. The van der Waals surface area contributed by atoms with Crippen LogP contribution in [0.25, 0.3) is 22.2 Å². The van der Waals surface area contributed by atoms with Crippen LogP contribution in [0.4, 0.5) is 8.78 Å². The number of halogens is 2. The Balaban J connectivity index is 1.52. The second-order valence-corrected chi connectivity index (χ2v) is 6.60. The molecule has 2 N–H and O–H groups in total. The summed E-state index contributed by atoms with van der Waals surface area (Å²) in [5, 5.41) is 14.3. The van der Waals surface area contributed by atoms with E-state index in [1.54, 1.807) is 18.2 Å². The summed E-state index contributed by atoms with van der Waals surface area (Å²) in [5.74, 6) is -0.817. The molecule has 0 saturated carbocycles. The first-order valence-electron chi connectivity index (χ1n) is 9.13. The van der Waals surface area contributed by atoms with Crippen LogP contribution in [-0.2, 0) is 17.8 Å². The first-order valence-corrected chi connectivity index (χ1v) is 9.13. The number of benzene rings is 2. The molecule has 1 amide bonds. The van der Waals surface area contributed by atoms with Gasteiger partial charge in [0.2, 0.25) is 5.91 Å². The third-order valence-corrected chi connectivity index (χ3v) is 4.66. The average molecular weight is 396 g/mol. The van der Waals surface area contributed by atoms with Gasteiger partial charge in [-0.15, -0.1) is 5.10 Å². The standard InChI is InChI=1S/C20H18F2N6O/c21-14-3-1-13(2-4-14)20-16(17-11-15(22)5-7-18(17)25-20)6-8-19(29)23-9-10-28-12-24-26-27-28/h1-5,7,11-12,25H,6,8-10H2,(H,23,29). The predicted octanol–water partition coefficient (Wildman–Crippen LogP) is 2.85. The minimum atomic E-state index is -0.353. The quantitative estimate of drug-likeness (QED) is 0.503. The minimum absolute atomic E-state index is 0.131. The number of amides is 1. The Bertz CT molecular complexity index is 1120. The van der Waals surface area contributed by atoms with Crippen LogP contribution >= 0.6 is 0 Å². The van der Waals surface area contributed by atoms with Crippen molar-refractivity contribution in [3.05, 3.63) is 66.0 Å². The van der Waals surface area contributed by atoms with Gasteiger partial charge in [0.15, 0.2) is 0 Å². The second-order valence-electron chi connectivity index (χ2n) is 6.60. The minimum Gasteiger partial charge on any atom is -0.354 e. The van der Waals surface area contributed by atoms with Crippen molar-refractivity contribution in [2.75, 3.05) is 6.54 Å². The molecular weight excluding hydrogens is 378 g/mol. The molecule has 4 rings (SSSR count). The summed E-state index contributed by atoms with van der Waals surface area (Å²) < 4.78 is 28.7. The van der Waals surface area contributed by atoms with Crippen molar-refractivity contribution in [1.29, 1.82) is 0 Å². The van der Waals surface area contributed by atoms with Crippen LogP contribution in [0.2, 0.25) is 0 Å². The van der Waals surface area contributed by atoms with Gasteiger partial charge in [0.05, 0.1) is 6.54 Å². The molecule has 0 aliphatic carbocycles. The topological polar surface area (TPSA) is 88.5 Å².